The number of unbranched alkanes of at least 4 members (excludes halogenated alkanes) is 2. The Morgan fingerprint density at radius 3 is 2.72 bits per heavy atom. The number of ether oxygens (including phenoxy) is 1. The lowest BCUT2D eigenvalue weighted by atomic mass is 10.1. The molecule has 0 spiro atoms. The van der Waals surface area contributed by atoms with Crippen LogP contribution in [0.5, 0.6) is 0 Å². The van der Waals surface area contributed by atoms with Gasteiger partial charge in [0.1, 0.15) is 6.04 Å². The van der Waals surface area contributed by atoms with Gasteiger partial charge in [0.15, 0.2) is 6.29 Å². The summed E-state index contributed by atoms with van der Waals surface area (Å²) >= 11 is 0. The van der Waals surface area contributed by atoms with Crippen LogP contribution in [0.25, 0.3) is 0 Å². The molecule has 1 N–H and O–H groups in total. The van der Waals surface area contributed by atoms with Crippen molar-refractivity contribution >= 4 is 17.9 Å². The van der Waals surface area contributed by atoms with Crippen LogP contribution in [0.2, 0.25) is 0 Å². The summed E-state index contributed by atoms with van der Waals surface area (Å²) in [7, 11) is 0. The van der Waals surface area contributed by atoms with Gasteiger partial charge in [-0.25, -0.2) is 0 Å². The summed E-state index contributed by atoms with van der Waals surface area (Å²) in [6.07, 6.45) is 7.18. The van der Waals surface area contributed by atoms with Gasteiger partial charge in [-0.3, -0.25) is 14.5 Å². The summed E-state index contributed by atoms with van der Waals surface area (Å²) < 4.78 is 5.25. The second-order valence-corrected chi connectivity index (χ2v) is 6.49. The van der Waals surface area contributed by atoms with Crippen molar-refractivity contribution in [2.75, 3.05) is 31.6 Å². The molecule has 5 heteroatoms. The van der Waals surface area contributed by atoms with Crippen LogP contribution >= 0.6 is 0 Å². The molecular weight excluding hydrogens is 316 g/mol. The third-order valence-corrected chi connectivity index (χ3v) is 4.70. The number of anilines is 1. The zero-order valence-electron chi connectivity index (χ0n) is 15.2. The molecular formula is C20H30N2O3. The Kier molecular flexibility index (Phi) is 8.46. The van der Waals surface area contributed by atoms with Gasteiger partial charge in [-0.15, -0.1) is 0 Å². The molecule has 0 aliphatic carbocycles. The normalized spacial score (nSPS) is 15.7. The van der Waals surface area contributed by atoms with Crippen LogP contribution in [0.1, 0.15) is 55.8 Å². The fourth-order valence-electron chi connectivity index (χ4n) is 3.36. The van der Waals surface area contributed by atoms with Gasteiger partial charge >= 0.3 is 5.97 Å². The number of esters is 1. The van der Waals surface area contributed by atoms with Crippen LogP contribution in [-0.2, 0) is 9.53 Å². The van der Waals surface area contributed by atoms with Crippen molar-refractivity contribution in [2.24, 2.45) is 0 Å². The van der Waals surface area contributed by atoms with Gasteiger partial charge in [-0.1, -0.05) is 25.0 Å². The van der Waals surface area contributed by atoms with Gasteiger partial charge in [0.05, 0.1) is 6.61 Å². The van der Waals surface area contributed by atoms with Gasteiger partial charge in [0.2, 0.25) is 0 Å². The Balaban J connectivity index is 1.69. The number of rotatable bonds is 11. The predicted molar refractivity (Wildman–Crippen MR) is 100 cm³/mol. The molecule has 1 saturated heterocycles. The number of hydrogen-bond acceptors (Lipinski definition) is 5. The number of likely N-dealkylation sites (tertiary alicyclic amines) is 1. The maximum absolute atomic E-state index is 12.2. The molecule has 2 rings (SSSR count). The summed E-state index contributed by atoms with van der Waals surface area (Å²) in [4.78, 5) is 25.5. The Labute approximate surface area is 150 Å². The van der Waals surface area contributed by atoms with Crippen LogP contribution in [-0.4, -0.2) is 49.4 Å². The van der Waals surface area contributed by atoms with Crippen LogP contribution in [0.3, 0.4) is 0 Å². The Hall–Kier alpha value is -1.88. The summed E-state index contributed by atoms with van der Waals surface area (Å²) in [5.41, 5.74) is 1.58. The van der Waals surface area contributed by atoms with E-state index in [4.69, 9.17) is 4.74 Å². The Bertz CT molecular complexity index is 541. The quantitative estimate of drug-likeness (QED) is 0.377. The SMILES string of the molecule is CCOC(=O)C(CCCCCNc1ccccc1C=O)N1CCCC1. The van der Waals surface area contributed by atoms with Gasteiger partial charge in [-0.2, -0.15) is 0 Å². The first kappa shape index (κ1) is 19.4. The lowest BCUT2D eigenvalue weighted by Gasteiger charge is -2.25. The minimum atomic E-state index is -0.0776. The van der Waals surface area contributed by atoms with Crippen molar-refractivity contribution < 1.29 is 14.3 Å². The fourth-order valence-corrected chi connectivity index (χ4v) is 3.36. The van der Waals surface area contributed by atoms with E-state index in [2.05, 4.69) is 10.2 Å². The Morgan fingerprint density at radius 1 is 1.24 bits per heavy atom. The number of para-hydroxylation sites is 1. The fraction of sp³-hybridized carbons (Fsp3) is 0.600. The molecule has 1 aliphatic heterocycles. The number of nitrogens with one attached hydrogen (secondary N) is 1. The number of carbonyl (C=O) groups is 2. The molecule has 5 nitrogen and oxygen atoms in total. The average molecular weight is 346 g/mol. The molecule has 0 amide bonds. The van der Waals surface area contributed by atoms with E-state index in [0.717, 1.165) is 57.3 Å². The molecule has 1 aliphatic rings. The van der Waals surface area contributed by atoms with Crippen molar-refractivity contribution in [3.05, 3.63) is 29.8 Å². The largest absolute Gasteiger partial charge is 0.465 e. The molecule has 0 aromatic heterocycles. The van der Waals surface area contributed by atoms with E-state index in [0.29, 0.717) is 12.2 Å². The van der Waals surface area contributed by atoms with Crippen molar-refractivity contribution in [1.29, 1.82) is 0 Å². The van der Waals surface area contributed by atoms with Crippen molar-refractivity contribution in [1.82, 2.24) is 4.90 Å². The van der Waals surface area contributed by atoms with Gasteiger partial charge < -0.3 is 10.1 Å². The first-order valence-corrected chi connectivity index (χ1v) is 9.45. The van der Waals surface area contributed by atoms with E-state index in [1.165, 1.54) is 12.8 Å². The van der Waals surface area contributed by atoms with Crippen LogP contribution in [0, 0.1) is 0 Å². The molecule has 0 radical (unpaired) electrons. The summed E-state index contributed by atoms with van der Waals surface area (Å²) in [6, 6.07) is 7.45. The summed E-state index contributed by atoms with van der Waals surface area (Å²) in [6.45, 7) is 5.16. The van der Waals surface area contributed by atoms with Crippen LogP contribution < -0.4 is 5.32 Å². The van der Waals surface area contributed by atoms with E-state index < -0.39 is 0 Å². The highest BCUT2D eigenvalue weighted by molar-refractivity contribution is 5.83. The number of hydrogen-bond donors (Lipinski definition) is 1. The minimum Gasteiger partial charge on any atom is -0.465 e. The number of carbonyl (C=O) groups excluding carboxylic acids is 2. The van der Waals surface area contributed by atoms with Crippen molar-refractivity contribution in [2.45, 2.75) is 51.5 Å². The highest BCUT2D eigenvalue weighted by atomic mass is 16.5. The third-order valence-electron chi connectivity index (χ3n) is 4.70. The second kappa shape index (κ2) is 10.9. The lowest BCUT2D eigenvalue weighted by Crippen LogP contribution is -2.40. The first-order chi connectivity index (χ1) is 12.3. The van der Waals surface area contributed by atoms with Crippen LogP contribution in [0.15, 0.2) is 24.3 Å². The van der Waals surface area contributed by atoms with E-state index in [1.807, 2.05) is 31.2 Å². The van der Waals surface area contributed by atoms with Gasteiger partial charge in [0.25, 0.3) is 0 Å². The molecule has 0 bridgehead atoms. The standard InChI is InChI=1S/C20H30N2O3/c1-2-25-20(24)19(22-14-8-9-15-22)12-4-3-7-13-21-18-11-6-5-10-17(18)16-23/h5-6,10-11,16,19,21H,2-4,7-9,12-15H2,1H3. The van der Waals surface area contributed by atoms with Crippen molar-refractivity contribution in [3.63, 3.8) is 0 Å². The maximum Gasteiger partial charge on any atom is 0.323 e. The molecule has 1 fully saturated rings. The summed E-state index contributed by atoms with van der Waals surface area (Å²) in [5, 5.41) is 3.32. The van der Waals surface area contributed by atoms with Gasteiger partial charge in [-0.05, 0) is 57.8 Å². The molecule has 1 atom stereocenters. The Morgan fingerprint density at radius 2 is 2.00 bits per heavy atom. The minimum absolute atomic E-state index is 0.0672. The molecule has 25 heavy (non-hydrogen) atoms. The van der Waals surface area contributed by atoms with Crippen molar-refractivity contribution in [3.8, 4) is 0 Å². The molecule has 1 heterocycles. The molecule has 1 unspecified atom stereocenters. The smallest absolute Gasteiger partial charge is 0.323 e. The van der Waals surface area contributed by atoms with E-state index >= 15 is 0 Å². The topological polar surface area (TPSA) is 58.6 Å². The zero-order valence-corrected chi connectivity index (χ0v) is 15.2. The highest BCUT2D eigenvalue weighted by Crippen LogP contribution is 2.18. The lowest BCUT2D eigenvalue weighted by molar-refractivity contribution is -0.149. The predicted octanol–water partition coefficient (Wildman–Crippen LogP) is 3.50. The number of nitrogens with zero attached hydrogens (tertiary/aromatic N) is 1. The summed E-state index contributed by atoms with van der Waals surface area (Å²) in [5.74, 6) is -0.0672. The number of benzene rings is 1. The van der Waals surface area contributed by atoms with Gasteiger partial charge in [0, 0.05) is 17.8 Å². The maximum atomic E-state index is 12.2. The molecule has 138 valence electrons. The molecule has 1 aromatic carbocycles. The van der Waals surface area contributed by atoms with E-state index in [-0.39, 0.29) is 12.0 Å². The first-order valence-electron chi connectivity index (χ1n) is 9.45. The second-order valence-electron chi connectivity index (χ2n) is 6.49. The third kappa shape index (κ3) is 6.16. The molecule has 0 saturated carbocycles. The monoisotopic (exact) mass is 346 g/mol. The average Bonchev–Trinajstić information content (AvgIpc) is 3.15. The molecule has 1 aromatic rings. The highest BCUT2D eigenvalue weighted by Gasteiger charge is 2.28. The van der Waals surface area contributed by atoms with Crippen LogP contribution in [0.4, 0.5) is 5.69 Å². The zero-order chi connectivity index (χ0) is 17.9. The number of aldehydes is 1. The van der Waals surface area contributed by atoms with E-state index in [9.17, 15) is 9.59 Å². The van der Waals surface area contributed by atoms with E-state index in [1.54, 1.807) is 0 Å².